The van der Waals surface area contributed by atoms with Crippen molar-refractivity contribution in [3.05, 3.63) is 112 Å². The van der Waals surface area contributed by atoms with Crippen LogP contribution in [0.2, 0.25) is 0 Å². The van der Waals surface area contributed by atoms with Crippen LogP contribution in [0.15, 0.2) is 78.7 Å². The summed E-state index contributed by atoms with van der Waals surface area (Å²) in [7, 11) is 1.64. The molecule has 6 nitrogen and oxygen atoms in total. The number of halogens is 3. The monoisotopic (exact) mass is 567 g/mol. The summed E-state index contributed by atoms with van der Waals surface area (Å²) in [5, 5.41) is 5.91. The Labute approximate surface area is 234 Å². The van der Waals surface area contributed by atoms with Gasteiger partial charge in [0.1, 0.15) is 10.8 Å². The molecule has 0 saturated carbocycles. The molecule has 3 aromatic carbocycles. The van der Waals surface area contributed by atoms with Crippen molar-refractivity contribution < 1.29 is 27.4 Å². The van der Waals surface area contributed by atoms with Crippen molar-refractivity contribution >= 4 is 17.0 Å². The van der Waals surface area contributed by atoms with E-state index >= 15 is 0 Å². The minimum atomic E-state index is -4.38. The minimum absolute atomic E-state index is 0.212. The van der Waals surface area contributed by atoms with E-state index in [9.17, 15) is 13.2 Å². The molecule has 0 aliphatic carbocycles. The van der Waals surface area contributed by atoms with Crippen molar-refractivity contribution in [3.8, 4) is 17.2 Å². The maximum atomic E-state index is 13.0. The van der Waals surface area contributed by atoms with Gasteiger partial charge in [0, 0.05) is 25.0 Å². The molecule has 1 aliphatic heterocycles. The number of ether oxygens (including phenoxy) is 3. The van der Waals surface area contributed by atoms with Crippen LogP contribution in [0.1, 0.15) is 33.0 Å². The van der Waals surface area contributed by atoms with E-state index in [1.54, 1.807) is 13.2 Å². The number of nitrogens with zero attached hydrogens (tertiary/aromatic N) is 2. The molecule has 0 fully saturated rings. The number of benzene rings is 3. The first-order valence-corrected chi connectivity index (χ1v) is 13.4. The van der Waals surface area contributed by atoms with Gasteiger partial charge in [-0.1, -0.05) is 36.9 Å². The molecular formula is C30H28F3N3O3S. The standard InChI is InChI=1S/C30H28F3N3O3S/c1-20(34-14-22-4-3-5-24(12-22)30(31,32)33)26-18-40-29(35-26)17-36(15-21-6-9-25(37-2)10-7-21)16-23-8-11-27-28(13-23)39-19-38-27/h3-13,18,34H,1,14-17,19H2,2H3. The summed E-state index contributed by atoms with van der Waals surface area (Å²) < 4.78 is 55.4. The fraction of sp³-hybridized carbons (Fsp3) is 0.233. The summed E-state index contributed by atoms with van der Waals surface area (Å²) >= 11 is 1.51. The van der Waals surface area contributed by atoms with Crippen molar-refractivity contribution in [2.75, 3.05) is 13.9 Å². The zero-order chi connectivity index (χ0) is 28.1. The van der Waals surface area contributed by atoms with Crippen LogP contribution in [-0.4, -0.2) is 23.8 Å². The number of methoxy groups -OCH3 is 1. The minimum Gasteiger partial charge on any atom is -0.497 e. The molecule has 1 aromatic heterocycles. The smallest absolute Gasteiger partial charge is 0.416 e. The Balaban J connectivity index is 1.26. The number of hydrogen-bond donors (Lipinski definition) is 1. The van der Waals surface area contributed by atoms with Crippen molar-refractivity contribution in [2.24, 2.45) is 0 Å². The van der Waals surface area contributed by atoms with Gasteiger partial charge in [-0.2, -0.15) is 13.2 Å². The molecule has 0 spiro atoms. The van der Waals surface area contributed by atoms with Gasteiger partial charge in [-0.3, -0.25) is 4.90 Å². The van der Waals surface area contributed by atoms with Gasteiger partial charge < -0.3 is 19.5 Å². The molecule has 1 N–H and O–H groups in total. The van der Waals surface area contributed by atoms with E-state index in [2.05, 4.69) is 16.8 Å². The Kier molecular flexibility index (Phi) is 8.27. The molecule has 0 radical (unpaired) electrons. The Morgan fingerprint density at radius 2 is 1.73 bits per heavy atom. The van der Waals surface area contributed by atoms with Crippen LogP contribution in [0.25, 0.3) is 5.70 Å². The lowest BCUT2D eigenvalue weighted by atomic mass is 10.1. The molecule has 0 bridgehead atoms. The molecule has 0 unspecified atom stereocenters. The fourth-order valence-corrected chi connectivity index (χ4v) is 5.18. The van der Waals surface area contributed by atoms with Crippen molar-refractivity contribution in [2.45, 2.75) is 32.4 Å². The van der Waals surface area contributed by atoms with E-state index in [0.29, 0.717) is 36.6 Å². The molecule has 0 atom stereocenters. The number of hydrogen-bond acceptors (Lipinski definition) is 7. The molecule has 4 aromatic rings. The third kappa shape index (κ3) is 6.94. The largest absolute Gasteiger partial charge is 0.497 e. The van der Waals surface area contributed by atoms with E-state index in [0.717, 1.165) is 45.5 Å². The lowest BCUT2D eigenvalue weighted by Crippen LogP contribution is -2.22. The molecule has 0 saturated heterocycles. The van der Waals surface area contributed by atoms with Gasteiger partial charge in [0.15, 0.2) is 11.5 Å². The van der Waals surface area contributed by atoms with Crippen LogP contribution in [0.5, 0.6) is 17.2 Å². The van der Waals surface area contributed by atoms with Gasteiger partial charge in [0.05, 0.1) is 30.6 Å². The van der Waals surface area contributed by atoms with Crippen molar-refractivity contribution in [1.29, 1.82) is 0 Å². The van der Waals surface area contributed by atoms with Crippen LogP contribution >= 0.6 is 11.3 Å². The second-order valence-corrected chi connectivity index (χ2v) is 10.3. The number of rotatable bonds is 11. The Bertz CT molecular complexity index is 1470. The Morgan fingerprint density at radius 1 is 0.975 bits per heavy atom. The predicted molar refractivity (Wildman–Crippen MR) is 148 cm³/mol. The second-order valence-electron chi connectivity index (χ2n) is 9.34. The summed E-state index contributed by atoms with van der Waals surface area (Å²) in [5.41, 5.74) is 3.28. The highest BCUT2D eigenvalue weighted by Crippen LogP contribution is 2.33. The van der Waals surface area contributed by atoms with Crippen LogP contribution in [0.4, 0.5) is 13.2 Å². The molecule has 0 amide bonds. The van der Waals surface area contributed by atoms with E-state index in [1.165, 1.54) is 17.4 Å². The number of thiazole rings is 1. The normalized spacial score (nSPS) is 12.5. The van der Waals surface area contributed by atoms with Gasteiger partial charge in [-0.05, 0) is 53.1 Å². The third-order valence-electron chi connectivity index (χ3n) is 6.39. The first-order chi connectivity index (χ1) is 19.3. The number of alkyl halides is 3. The predicted octanol–water partition coefficient (Wildman–Crippen LogP) is 6.86. The van der Waals surface area contributed by atoms with Crippen LogP contribution in [-0.2, 0) is 32.4 Å². The molecule has 1 aliphatic rings. The number of aromatic nitrogens is 1. The van der Waals surface area contributed by atoms with Gasteiger partial charge in [-0.25, -0.2) is 4.98 Å². The molecule has 5 rings (SSSR count). The van der Waals surface area contributed by atoms with Gasteiger partial charge >= 0.3 is 6.18 Å². The summed E-state index contributed by atoms with van der Waals surface area (Å²) in [6.07, 6.45) is -4.38. The van der Waals surface area contributed by atoms with Gasteiger partial charge in [0.25, 0.3) is 0 Å². The zero-order valence-corrected chi connectivity index (χ0v) is 22.6. The summed E-state index contributed by atoms with van der Waals surface area (Å²) in [6.45, 7) is 6.42. The highest BCUT2D eigenvalue weighted by molar-refractivity contribution is 7.09. The third-order valence-corrected chi connectivity index (χ3v) is 7.22. The molecule has 40 heavy (non-hydrogen) atoms. The van der Waals surface area contributed by atoms with Gasteiger partial charge in [0.2, 0.25) is 6.79 Å². The average Bonchev–Trinajstić information content (AvgIpc) is 3.61. The summed E-state index contributed by atoms with van der Waals surface area (Å²) in [5.74, 6) is 2.28. The topological polar surface area (TPSA) is 55.9 Å². The van der Waals surface area contributed by atoms with Crippen LogP contribution in [0, 0.1) is 0 Å². The van der Waals surface area contributed by atoms with E-state index in [4.69, 9.17) is 19.2 Å². The van der Waals surface area contributed by atoms with Gasteiger partial charge in [-0.15, -0.1) is 11.3 Å². The van der Waals surface area contributed by atoms with E-state index in [-0.39, 0.29) is 13.3 Å². The molecule has 2 heterocycles. The summed E-state index contributed by atoms with van der Waals surface area (Å²) in [6, 6.07) is 19.2. The molecule has 208 valence electrons. The highest BCUT2D eigenvalue weighted by atomic mass is 32.1. The SMILES string of the molecule is C=C(NCc1cccc(C(F)(F)F)c1)c1csc(CN(Cc2ccc(OC)cc2)Cc2ccc3c(c2)OCO3)n1. The number of nitrogens with one attached hydrogen (secondary N) is 1. The average molecular weight is 568 g/mol. The lowest BCUT2D eigenvalue weighted by Gasteiger charge is -2.22. The van der Waals surface area contributed by atoms with Crippen LogP contribution < -0.4 is 19.5 Å². The first kappa shape index (κ1) is 27.5. The van der Waals surface area contributed by atoms with E-state index < -0.39 is 11.7 Å². The first-order valence-electron chi connectivity index (χ1n) is 12.5. The highest BCUT2D eigenvalue weighted by Gasteiger charge is 2.30. The molecular weight excluding hydrogens is 539 g/mol. The maximum absolute atomic E-state index is 13.0. The second kappa shape index (κ2) is 12.0. The Hall–Kier alpha value is -4.02. The molecule has 10 heteroatoms. The summed E-state index contributed by atoms with van der Waals surface area (Å²) in [4.78, 5) is 7.04. The number of fused-ring (bicyclic) bond motifs is 1. The lowest BCUT2D eigenvalue weighted by molar-refractivity contribution is -0.137. The maximum Gasteiger partial charge on any atom is 0.416 e. The van der Waals surface area contributed by atoms with Crippen molar-refractivity contribution in [1.82, 2.24) is 15.2 Å². The van der Waals surface area contributed by atoms with E-state index in [1.807, 2.05) is 47.8 Å². The quantitative estimate of drug-likeness (QED) is 0.214. The van der Waals surface area contributed by atoms with Crippen LogP contribution in [0.3, 0.4) is 0 Å². The fourth-order valence-electron chi connectivity index (χ4n) is 4.32. The van der Waals surface area contributed by atoms with Crippen molar-refractivity contribution in [3.63, 3.8) is 0 Å². The Morgan fingerprint density at radius 3 is 2.50 bits per heavy atom. The zero-order valence-electron chi connectivity index (χ0n) is 21.8.